The van der Waals surface area contributed by atoms with Gasteiger partial charge in [-0.25, -0.2) is 0 Å². The Bertz CT molecular complexity index is 713. The van der Waals surface area contributed by atoms with Gasteiger partial charge < -0.3 is 10.6 Å². The lowest BCUT2D eigenvalue weighted by Crippen LogP contribution is -2.17. The molecule has 0 aliphatic carbocycles. The first kappa shape index (κ1) is 8.33. The molecule has 0 aromatic heterocycles. The number of hydrogen-bond acceptors (Lipinski definition) is 2. The summed E-state index contributed by atoms with van der Waals surface area (Å²) in [5, 5.41) is 5.17. The van der Waals surface area contributed by atoms with Gasteiger partial charge in [-0.1, -0.05) is 37.8 Å². The molecule has 0 radical (unpaired) electrons. The van der Waals surface area contributed by atoms with Gasteiger partial charge >= 0.3 is 0 Å². The number of carbonyl (C=O) groups is 1. The Labute approximate surface area is 142 Å². The molecule has 0 aliphatic heterocycles. The predicted molar refractivity (Wildman–Crippen MR) is 90.8 cm³/mol. The zero-order chi connectivity index (χ0) is 23.4. The van der Waals surface area contributed by atoms with Gasteiger partial charge in [0.1, 0.15) is 0 Å². The number of amides is 1. The van der Waals surface area contributed by atoms with E-state index in [1.54, 1.807) is 0 Å². The van der Waals surface area contributed by atoms with E-state index < -0.39 is 26.1 Å². The molecule has 0 spiro atoms. The topological polar surface area (TPSA) is 41.1 Å². The third-order valence-corrected chi connectivity index (χ3v) is 3.16. The van der Waals surface area contributed by atoms with Crippen molar-refractivity contribution in [3.63, 3.8) is 0 Å². The van der Waals surface area contributed by atoms with Gasteiger partial charge in [0.2, 0.25) is 5.91 Å². The number of hydrogen-bond donors (Lipinski definition) is 2. The van der Waals surface area contributed by atoms with Crippen molar-refractivity contribution in [2.75, 3.05) is 18.4 Å². The number of benzene rings is 1. The second kappa shape index (κ2) is 10.4. The summed E-state index contributed by atoms with van der Waals surface area (Å²) in [5.74, 6) is -0.127. The SMILES string of the molecule is [2H]C([2H])([2H])C([2H])([2H])C([2H])([2H])C([2H])([2H])NCCCCCC(=O)Nc1c(C)cccc1C. The van der Waals surface area contributed by atoms with Crippen LogP contribution in [-0.2, 0) is 4.79 Å². The maximum absolute atomic E-state index is 12.1. The number of nitrogens with one attached hydrogen (secondary N) is 2. The highest BCUT2D eigenvalue weighted by molar-refractivity contribution is 5.92. The Morgan fingerprint density at radius 2 is 2.00 bits per heavy atom. The second-order valence-electron chi connectivity index (χ2n) is 4.93. The van der Waals surface area contributed by atoms with Gasteiger partial charge in [0, 0.05) is 24.4 Å². The lowest BCUT2D eigenvalue weighted by molar-refractivity contribution is -0.116. The van der Waals surface area contributed by atoms with Crippen LogP contribution in [0.15, 0.2) is 18.2 Å². The number of unbranched alkanes of at least 4 members (excludes halogenated alkanes) is 2. The third kappa shape index (κ3) is 7.28. The van der Waals surface area contributed by atoms with E-state index >= 15 is 0 Å². The van der Waals surface area contributed by atoms with Crippen molar-refractivity contribution in [2.24, 2.45) is 0 Å². The predicted octanol–water partition coefficient (Wildman–Crippen LogP) is 4.19. The first-order valence-corrected chi connectivity index (χ1v) is 7.16. The summed E-state index contributed by atoms with van der Waals surface area (Å²) in [6.07, 6.45) is -4.84. The Kier molecular flexibility index (Phi) is 4.12. The number of rotatable bonds is 10. The van der Waals surface area contributed by atoms with Crippen LogP contribution in [-0.4, -0.2) is 18.9 Å². The Hall–Kier alpha value is -1.35. The van der Waals surface area contributed by atoms with Crippen molar-refractivity contribution >= 4 is 11.6 Å². The molecule has 0 aliphatic rings. The van der Waals surface area contributed by atoms with Gasteiger partial charge in [-0.05, 0) is 57.2 Å². The van der Waals surface area contributed by atoms with Gasteiger partial charge in [0.05, 0.1) is 0 Å². The van der Waals surface area contributed by atoms with Crippen LogP contribution in [0.4, 0.5) is 5.69 Å². The molecule has 1 aromatic rings. The van der Waals surface area contributed by atoms with Crippen LogP contribution in [0.2, 0.25) is 0 Å². The van der Waals surface area contributed by atoms with Crippen LogP contribution in [0.5, 0.6) is 0 Å². The van der Waals surface area contributed by atoms with Crippen molar-refractivity contribution in [2.45, 2.75) is 59.1 Å². The van der Waals surface area contributed by atoms with Gasteiger partial charge in [-0.15, -0.1) is 0 Å². The molecule has 0 fully saturated rings. The average Bonchev–Trinajstić information content (AvgIpc) is 2.60. The molecule has 0 saturated carbocycles. The fourth-order valence-electron chi connectivity index (χ4n) is 2.03. The molecule has 0 saturated heterocycles. The van der Waals surface area contributed by atoms with Crippen LogP contribution >= 0.6 is 0 Å². The summed E-state index contributed by atoms with van der Waals surface area (Å²) in [6.45, 7) is -2.36. The highest BCUT2D eigenvalue weighted by Crippen LogP contribution is 2.19. The van der Waals surface area contributed by atoms with Gasteiger partial charge in [-0.2, -0.15) is 0 Å². The molecule has 0 bridgehead atoms. The summed E-state index contributed by atoms with van der Waals surface area (Å²) in [7, 11) is 0. The van der Waals surface area contributed by atoms with E-state index in [1.165, 1.54) is 0 Å². The summed E-state index contributed by atoms with van der Waals surface area (Å²) < 4.78 is 67.7. The Morgan fingerprint density at radius 3 is 2.71 bits per heavy atom. The quantitative estimate of drug-likeness (QED) is 0.636. The van der Waals surface area contributed by atoms with Crippen molar-refractivity contribution in [1.29, 1.82) is 0 Å². The minimum atomic E-state index is -3.37. The smallest absolute Gasteiger partial charge is 0.224 e. The fourth-order valence-corrected chi connectivity index (χ4v) is 2.03. The molecule has 1 rings (SSSR count). The summed E-state index contributed by atoms with van der Waals surface area (Å²) in [4.78, 5) is 12.1. The first-order valence-electron chi connectivity index (χ1n) is 11.7. The van der Waals surface area contributed by atoms with Gasteiger partial charge in [-0.3, -0.25) is 4.79 Å². The molecule has 0 heterocycles. The summed E-state index contributed by atoms with van der Waals surface area (Å²) >= 11 is 0. The standard InChI is InChI=1S/C18H30N2O/c1-4-5-13-19-14-8-6-7-12-17(21)20-18-15(2)10-9-11-16(18)3/h9-11,19H,4-8,12-14H2,1-3H3,(H,20,21)/i1D3,4D2,5D2,13D2. The molecule has 21 heavy (non-hydrogen) atoms. The average molecular weight is 300 g/mol. The van der Waals surface area contributed by atoms with Crippen molar-refractivity contribution in [3.05, 3.63) is 29.3 Å². The van der Waals surface area contributed by atoms with Crippen LogP contribution < -0.4 is 10.6 Å². The highest BCUT2D eigenvalue weighted by atomic mass is 16.1. The lowest BCUT2D eigenvalue weighted by atomic mass is 10.1. The molecule has 0 atom stereocenters. The maximum Gasteiger partial charge on any atom is 0.224 e. The summed E-state index contributed by atoms with van der Waals surface area (Å²) in [5.41, 5.74) is 2.74. The van der Waals surface area contributed by atoms with E-state index in [-0.39, 0.29) is 18.9 Å². The normalized spacial score (nSPS) is 19.6. The van der Waals surface area contributed by atoms with Gasteiger partial charge in [0.15, 0.2) is 0 Å². The van der Waals surface area contributed by atoms with Crippen molar-refractivity contribution < 1.29 is 17.1 Å². The van der Waals surface area contributed by atoms with Crippen LogP contribution in [0.25, 0.3) is 0 Å². The molecule has 0 unspecified atom stereocenters. The molecular weight excluding hydrogens is 260 g/mol. The molecule has 2 N–H and O–H groups in total. The van der Waals surface area contributed by atoms with Gasteiger partial charge in [0.25, 0.3) is 0 Å². The molecular formula is C18H30N2O. The zero-order valence-electron chi connectivity index (χ0n) is 21.7. The first-order chi connectivity index (χ1) is 13.5. The zero-order valence-corrected chi connectivity index (χ0v) is 12.7. The minimum absolute atomic E-state index is 0.0160. The Morgan fingerprint density at radius 1 is 1.24 bits per heavy atom. The molecule has 1 aromatic carbocycles. The van der Waals surface area contributed by atoms with Crippen molar-refractivity contribution in [1.82, 2.24) is 5.32 Å². The van der Waals surface area contributed by atoms with E-state index in [4.69, 9.17) is 12.3 Å². The molecule has 1 amide bonds. The fraction of sp³-hybridized carbons (Fsp3) is 0.611. The van der Waals surface area contributed by atoms with Crippen LogP contribution in [0.1, 0.15) is 68.7 Å². The lowest BCUT2D eigenvalue weighted by Gasteiger charge is -2.11. The Balaban J connectivity index is 2.45. The number of carbonyl (C=O) groups excluding carboxylic acids is 1. The number of anilines is 1. The molecule has 3 heteroatoms. The maximum atomic E-state index is 12.1. The molecule has 3 nitrogen and oxygen atoms in total. The second-order valence-corrected chi connectivity index (χ2v) is 4.93. The largest absolute Gasteiger partial charge is 0.326 e. The van der Waals surface area contributed by atoms with Crippen LogP contribution in [0, 0.1) is 13.8 Å². The molecule has 118 valence electrons. The van der Waals surface area contributed by atoms with Crippen molar-refractivity contribution in [3.8, 4) is 0 Å². The van der Waals surface area contributed by atoms with E-state index in [2.05, 4.69) is 10.6 Å². The van der Waals surface area contributed by atoms with E-state index in [0.29, 0.717) is 19.3 Å². The number of aryl methyl sites for hydroxylation is 2. The monoisotopic (exact) mass is 299 g/mol. The van der Waals surface area contributed by atoms with E-state index in [9.17, 15) is 4.79 Å². The third-order valence-electron chi connectivity index (χ3n) is 3.16. The van der Waals surface area contributed by atoms with E-state index in [0.717, 1.165) is 16.8 Å². The van der Waals surface area contributed by atoms with Crippen LogP contribution in [0.3, 0.4) is 0 Å². The van der Waals surface area contributed by atoms with E-state index in [1.807, 2.05) is 32.0 Å². The number of para-hydroxylation sites is 1. The summed E-state index contributed by atoms with van der Waals surface area (Å²) in [6, 6.07) is 5.74. The highest BCUT2D eigenvalue weighted by Gasteiger charge is 2.06. The minimum Gasteiger partial charge on any atom is -0.326 e.